The SMILES string of the molecule is CCCCOc1cc(/C=C2\CCn3c2nc2cc(Cl)ccc2c3=O)ccc1OC. The number of aromatic nitrogens is 2. The van der Waals surface area contributed by atoms with E-state index in [1.807, 2.05) is 18.2 Å². The van der Waals surface area contributed by atoms with Gasteiger partial charge in [0, 0.05) is 11.6 Å². The highest BCUT2D eigenvalue weighted by molar-refractivity contribution is 6.31. The van der Waals surface area contributed by atoms with E-state index in [4.69, 9.17) is 26.1 Å². The van der Waals surface area contributed by atoms with Gasteiger partial charge in [-0.25, -0.2) is 4.98 Å². The van der Waals surface area contributed by atoms with Crippen LogP contribution in [0.4, 0.5) is 0 Å². The molecule has 2 aromatic carbocycles. The maximum Gasteiger partial charge on any atom is 0.261 e. The molecule has 0 amide bonds. The molecule has 0 saturated heterocycles. The zero-order valence-corrected chi connectivity index (χ0v) is 17.3. The summed E-state index contributed by atoms with van der Waals surface area (Å²) in [6, 6.07) is 11.1. The van der Waals surface area contributed by atoms with Crippen molar-refractivity contribution in [2.45, 2.75) is 32.7 Å². The first-order chi connectivity index (χ1) is 14.1. The highest BCUT2D eigenvalue weighted by atomic mass is 35.5. The maximum atomic E-state index is 12.8. The minimum atomic E-state index is -0.0246. The van der Waals surface area contributed by atoms with Crippen molar-refractivity contribution in [3.63, 3.8) is 0 Å². The molecule has 4 rings (SSSR count). The zero-order valence-electron chi connectivity index (χ0n) is 16.6. The van der Waals surface area contributed by atoms with Crippen LogP contribution in [0.15, 0.2) is 41.2 Å². The van der Waals surface area contributed by atoms with Crippen LogP contribution in [0.5, 0.6) is 11.5 Å². The van der Waals surface area contributed by atoms with Crippen molar-refractivity contribution in [1.82, 2.24) is 9.55 Å². The van der Waals surface area contributed by atoms with Crippen molar-refractivity contribution in [1.29, 1.82) is 0 Å². The predicted octanol–water partition coefficient (Wildman–Crippen LogP) is 5.18. The summed E-state index contributed by atoms with van der Waals surface area (Å²) in [5.74, 6) is 2.14. The summed E-state index contributed by atoms with van der Waals surface area (Å²) in [6.45, 7) is 3.41. The van der Waals surface area contributed by atoms with E-state index in [1.165, 1.54) is 0 Å². The van der Waals surface area contributed by atoms with Crippen LogP contribution in [0.2, 0.25) is 5.02 Å². The second-order valence-electron chi connectivity index (χ2n) is 7.09. The van der Waals surface area contributed by atoms with E-state index in [0.29, 0.717) is 40.7 Å². The minimum Gasteiger partial charge on any atom is -0.493 e. The van der Waals surface area contributed by atoms with Crippen molar-refractivity contribution < 1.29 is 9.47 Å². The summed E-state index contributed by atoms with van der Waals surface area (Å²) in [4.78, 5) is 17.6. The zero-order chi connectivity index (χ0) is 20.4. The summed E-state index contributed by atoms with van der Waals surface area (Å²) in [5, 5.41) is 1.16. The molecular weight excluding hydrogens is 388 g/mol. The summed E-state index contributed by atoms with van der Waals surface area (Å²) >= 11 is 6.10. The lowest BCUT2D eigenvalue weighted by atomic mass is 10.1. The predicted molar refractivity (Wildman–Crippen MR) is 117 cm³/mol. The molecule has 0 aliphatic carbocycles. The lowest BCUT2D eigenvalue weighted by Gasteiger charge is -2.11. The molecule has 2 heterocycles. The van der Waals surface area contributed by atoms with E-state index in [2.05, 4.69) is 13.0 Å². The fourth-order valence-electron chi connectivity index (χ4n) is 3.55. The molecule has 0 N–H and O–H groups in total. The molecule has 1 aromatic heterocycles. The van der Waals surface area contributed by atoms with Crippen molar-refractivity contribution in [3.8, 4) is 11.5 Å². The minimum absolute atomic E-state index is 0.0246. The van der Waals surface area contributed by atoms with Crippen LogP contribution < -0.4 is 15.0 Å². The van der Waals surface area contributed by atoms with Gasteiger partial charge in [0.15, 0.2) is 11.5 Å². The van der Waals surface area contributed by atoms with E-state index in [0.717, 1.165) is 36.1 Å². The molecule has 0 fully saturated rings. The van der Waals surface area contributed by atoms with E-state index < -0.39 is 0 Å². The Morgan fingerprint density at radius 3 is 2.86 bits per heavy atom. The summed E-state index contributed by atoms with van der Waals surface area (Å²) < 4.78 is 13.0. The Labute approximate surface area is 174 Å². The second kappa shape index (κ2) is 8.29. The largest absolute Gasteiger partial charge is 0.493 e. The molecule has 29 heavy (non-hydrogen) atoms. The number of hydrogen-bond donors (Lipinski definition) is 0. The summed E-state index contributed by atoms with van der Waals surface area (Å²) in [7, 11) is 1.64. The molecule has 5 nitrogen and oxygen atoms in total. The van der Waals surface area contributed by atoms with Gasteiger partial charge in [0.05, 0.1) is 24.6 Å². The molecular formula is C23H23ClN2O3. The Kier molecular flexibility index (Phi) is 5.58. The van der Waals surface area contributed by atoms with Crippen LogP contribution >= 0.6 is 11.6 Å². The lowest BCUT2D eigenvalue weighted by molar-refractivity contribution is 0.288. The van der Waals surface area contributed by atoms with Gasteiger partial charge in [0.25, 0.3) is 5.56 Å². The Morgan fingerprint density at radius 2 is 2.07 bits per heavy atom. The molecule has 0 saturated carbocycles. The van der Waals surface area contributed by atoms with Crippen molar-refractivity contribution in [3.05, 3.63) is 63.2 Å². The number of unbranched alkanes of at least 4 members (excludes halogenated alkanes) is 1. The van der Waals surface area contributed by atoms with Crippen LogP contribution in [-0.2, 0) is 6.54 Å². The third kappa shape index (κ3) is 3.87. The Bertz CT molecular complexity index is 1150. The fourth-order valence-corrected chi connectivity index (χ4v) is 3.72. The molecule has 0 spiro atoms. The van der Waals surface area contributed by atoms with E-state index in [9.17, 15) is 4.79 Å². The number of benzene rings is 2. The molecule has 0 atom stereocenters. The fraction of sp³-hybridized carbons (Fsp3) is 0.304. The van der Waals surface area contributed by atoms with Gasteiger partial charge in [-0.3, -0.25) is 9.36 Å². The van der Waals surface area contributed by atoms with Gasteiger partial charge in [-0.1, -0.05) is 31.0 Å². The van der Waals surface area contributed by atoms with Crippen molar-refractivity contribution >= 4 is 34.2 Å². The number of fused-ring (bicyclic) bond motifs is 2. The normalized spacial score (nSPS) is 14.4. The first kappa shape index (κ1) is 19.5. The topological polar surface area (TPSA) is 53.4 Å². The Morgan fingerprint density at radius 1 is 1.21 bits per heavy atom. The number of hydrogen-bond acceptors (Lipinski definition) is 4. The number of rotatable bonds is 6. The highest BCUT2D eigenvalue weighted by Crippen LogP contribution is 2.32. The van der Waals surface area contributed by atoms with Gasteiger partial charge >= 0.3 is 0 Å². The molecule has 150 valence electrons. The van der Waals surface area contributed by atoms with Crippen LogP contribution in [0, 0.1) is 0 Å². The smallest absolute Gasteiger partial charge is 0.261 e. The maximum absolute atomic E-state index is 12.8. The number of allylic oxidation sites excluding steroid dienone is 1. The Balaban J connectivity index is 1.73. The highest BCUT2D eigenvalue weighted by Gasteiger charge is 2.21. The molecule has 0 unspecified atom stereocenters. The van der Waals surface area contributed by atoms with Gasteiger partial charge < -0.3 is 9.47 Å². The first-order valence-electron chi connectivity index (χ1n) is 9.82. The molecule has 0 bridgehead atoms. The van der Waals surface area contributed by atoms with Crippen LogP contribution in [0.25, 0.3) is 22.6 Å². The third-order valence-electron chi connectivity index (χ3n) is 5.09. The van der Waals surface area contributed by atoms with Gasteiger partial charge in [-0.05, 0) is 60.4 Å². The Hall–Kier alpha value is -2.79. The standard InChI is InChI=1S/C23H23ClN2O3/c1-3-4-11-29-21-13-15(5-8-20(21)28-2)12-16-9-10-26-22(16)25-19-14-17(24)6-7-18(19)23(26)27/h5-8,12-14H,3-4,9-11H2,1-2H3/b16-12+. The van der Waals surface area contributed by atoms with E-state index in [-0.39, 0.29) is 5.56 Å². The van der Waals surface area contributed by atoms with Gasteiger partial charge in [0.1, 0.15) is 5.82 Å². The number of halogens is 1. The van der Waals surface area contributed by atoms with Crippen LogP contribution in [0.1, 0.15) is 37.6 Å². The van der Waals surface area contributed by atoms with Crippen molar-refractivity contribution in [2.75, 3.05) is 13.7 Å². The average molecular weight is 411 g/mol. The van der Waals surface area contributed by atoms with Gasteiger partial charge in [0.2, 0.25) is 0 Å². The van der Waals surface area contributed by atoms with E-state index in [1.54, 1.807) is 29.9 Å². The van der Waals surface area contributed by atoms with Crippen molar-refractivity contribution in [2.24, 2.45) is 0 Å². The lowest BCUT2D eigenvalue weighted by Crippen LogP contribution is -2.20. The molecule has 3 aromatic rings. The number of ether oxygens (including phenoxy) is 2. The molecule has 1 aliphatic rings. The molecule has 6 heteroatoms. The average Bonchev–Trinajstić information content (AvgIpc) is 3.11. The van der Waals surface area contributed by atoms with Gasteiger partial charge in [-0.15, -0.1) is 0 Å². The second-order valence-corrected chi connectivity index (χ2v) is 7.52. The molecule has 1 aliphatic heterocycles. The van der Waals surface area contributed by atoms with Gasteiger partial charge in [-0.2, -0.15) is 0 Å². The third-order valence-corrected chi connectivity index (χ3v) is 5.33. The molecule has 0 radical (unpaired) electrons. The monoisotopic (exact) mass is 410 g/mol. The number of nitrogens with zero attached hydrogens (tertiary/aromatic N) is 2. The summed E-state index contributed by atoms with van der Waals surface area (Å²) in [6.07, 6.45) is 4.88. The van der Waals surface area contributed by atoms with Crippen LogP contribution in [-0.4, -0.2) is 23.3 Å². The van der Waals surface area contributed by atoms with E-state index >= 15 is 0 Å². The van der Waals surface area contributed by atoms with Crippen LogP contribution in [0.3, 0.4) is 0 Å². The number of methoxy groups -OCH3 is 1. The first-order valence-corrected chi connectivity index (χ1v) is 10.2. The summed E-state index contributed by atoms with van der Waals surface area (Å²) in [5.41, 5.74) is 2.61. The quantitative estimate of drug-likeness (QED) is 0.525.